The van der Waals surface area contributed by atoms with Crippen LogP contribution in [0.4, 0.5) is 14.9 Å². The van der Waals surface area contributed by atoms with Crippen molar-refractivity contribution < 1.29 is 9.18 Å². The predicted molar refractivity (Wildman–Crippen MR) is 77.6 cm³/mol. The first kappa shape index (κ1) is 14.4. The van der Waals surface area contributed by atoms with Gasteiger partial charge in [-0.15, -0.1) is 5.10 Å². The van der Waals surface area contributed by atoms with Gasteiger partial charge in [0.2, 0.25) is 0 Å². The normalized spacial score (nSPS) is 15.0. The summed E-state index contributed by atoms with van der Waals surface area (Å²) in [5.41, 5.74) is 0.522. The van der Waals surface area contributed by atoms with E-state index >= 15 is 0 Å². The molecule has 3 rings (SSSR count). The Kier molecular flexibility index (Phi) is 4.27. The van der Waals surface area contributed by atoms with Gasteiger partial charge in [-0.1, -0.05) is 12.8 Å². The Balaban J connectivity index is 1.55. The summed E-state index contributed by atoms with van der Waals surface area (Å²) in [5, 5.41) is 17.0. The molecule has 2 aromatic rings. The van der Waals surface area contributed by atoms with Gasteiger partial charge >= 0.3 is 6.03 Å². The largest absolute Gasteiger partial charge is 0.331 e. The van der Waals surface area contributed by atoms with Gasteiger partial charge in [-0.05, 0) is 47.5 Å². The number of tetrazole rings is 1. The molecule has 1 aromatic carbocycles. The van der Waals surface area contributed by atoms with E-state index in [0.29, 0.717) is 17.6 Å². The average Bonchev–Trinajstić information content (AvgIpc) is 3.18. The summed E-state index contributed by atoms with van der Waals surface area (Å²) in [5.74, 6) is 0.294. The molecule has 1 aliphatic carbocycles. The zero-order chi connectivity index (χ0) is 15.4. The van der Waals surface area contributed by atoms with E-state index in [1.54, 1.807) is 4.68 Å². The predicted octanol–water partition coefficient (Wildman–Crippen LogP) is 2.25. The fourth-order valence-electron chi connectivity index (χ4n) is 2.63. The first-order valence-corrected chi connectivity index (χ1v) is 7.29. The van der Waals surface area contributed by atoms with Crippen molar-refractivity contribution in [1.82, 2.24) is 25.5 Å². The highest BCUT2D eigenvalue weighted by molar-refractivity contribution is 5.89. The summed E-state index contributed by atoms with van der Waals surface area (Å²) in [7, 11) is 0. The minimum atomic E-state index is -0.382. The molecule has 1 aliphatic rings. The molecule has 2 N–H and O–H groups in total. The van der Waals surface area contributed by atoms with Gasteiger partial charge in [-0.25, -0.2) is 13.9 Å². The van der Waals surface area contributed by atoms with Gasteiger partial charge in [0.1, 0.15) is 5.82 Å². The Bertz CT molecular complexity index is 635. The average molecular weight is 304 g/mol. The molecule has 0 bridgehead atoms. The highest BCUT2D eigenvalue weighted by Gasteiger charge is 2.21. The van der Waals surface area contributed by atoms with Gasteiger partial charge < -0.3 is 10.6 Å². The molecule has 0 unspecified atom stereocenters. The van der Waals surface area contributed by atoms with Crippen LogP contribution in [0, 0.1) is 5.82 Å². The first-order chi connectivity index (χ1) is 10.7. The Morgan fingerprint density at radius 1 is 1.27 bits per heavy atom. The second kappa shape index (κ2) is 6.50. The maximum absolute atomic E-state index is 12.8. The molecule has 2 amide bonds. The number of nitrogens with zero attached hydrogens (tertiary/aromatic N) is 4. The lowest BCUT2D eigenvalue weighted by Gasteiger charge is -2.12. The lowest BCUT2D eigenvalue weighted by atomic mass is 10.2. The molecule has 1 fully saturated rings. The zero-order valence-electron chi connectivity index (χ0n) is 12.0. The maximum atomic E-state index is 12.8. The first-order valence-electron chi connectivity index (χ1n) is 7.29. The van der Waals surface area contributed by atoms with Crippen LogP contribution in [-0.4, -0.2) is 26.2 Å². The van der Waals surface area contributed by atoms with Crippen molar-refractivity contribution in [1.29, 1.82) is 0 Å². The fourth-order valence-corrected chi connectivity index (χ4v) is 2.63. The molecule has 0 saturated heterocycles. The van der Waals surface area contributed by atoms with Crippen molar-refractivity contribution in [3.63, 3.8) is 0 Å². The maximum Gasteiger partial charge on any atom is 0.319 e. The van der Waals surface area contributed by atoms with Crippen LogP contribution in [0.15, 0.2) is 24.3 Å². The molecule has 0 aliphatic heterocycles. The molecule has 0 atom stereocenters. The number of urea groups is 1. The molecule has 7 nitrogen and oxygen atoms in total. The number of amides is 2. The van der Waals surface area contributed by atoms with Crippen LogP contribution < -0.4 is 10.6 Å². The molecule has 22 heavy (non-hydrogen) atoms. The van der Waals surface area contributed by atoms with Crippen molar-refractivity contribution in [3.05, 3.63) is 35.9 Å². The minimum Gasteiger partial charge on any atom is -0.331 e. The van der Waals surface area contributed by atoms with Crippen molar-refractivity contribution in [3.8, 4) is 0 Å². The number of aromatic nitrogens is 4. The summed E-state index contributed by atoms with van der Waals surface area (Å²) in [6.45, 7) is 0.247. The molecular weight excluding hydrogens is 287 g/mol. The van der Waals surface area contributed by atoms with E-state index in [-0.39, 0.29) is 18.4 Å². The minimum absolute atomic E-state index is 0.247. The van der Waals surface area contributed by atoms with Crippen LogP contribution in [0.25, 0.3) is 0 Å². The molecule has 0 spiro atoms. The highest BCUT2D eigenvalue weighted by atomic mass is 19.1. The summed E-state index contributed by atoms with van der Waals surface area (Å²) >= 11 is 0. The molecule has 8 heteroatoms. The lowest BCUT2D eigenvalue weighted by molar-refractivity contribution is 0.251. The Morgan fingerprint density at radius 2 is 2.00 bits per heavy atom. The SMILES string of the molecule is O=C(NCc1nnnn1C1CCCC1)Nc1ccc(F)cc1. The van der Waals surface area contributed by atoms with E-state index < -0.39 is 0 Å². The van der Waals surface area contributed by atoms with Crippen LogP contribution >= 0.6 is 0 Å². The third kappa shape index (κ3) is 3.38. The van der Waals surface area contributed by atoms with Crippen LogP contribution in [0.5, 0.6) is 0 Å². The van der Waals surface area contributed by atoms with E-state index in [1.165, 1.54) is 37.1 Å². The third-order valence-corrected chi connectivity index (χ3v) is 3.74. The van der Waals surface area contributed by atoms with E-state index in [2.05, 4.69) is 26.2 Å². The van der Waals surface area contributed by atoms with Gasteiger partial charge in [0.15, 0.2) is 5.82 Å². The standard InChI is InChI=1S/C14H17FN6O/c15-10-5-7-11(8-6-10)17-14(22)16-9-13-18-19-20-21(13)12-3-1-2-4-12/h5-8,12H,1-4,9H2,(H2,16,17,22). The highest BCUT2D eigenvalue weighted by Crippen LogP contribution is 2.28. The molecule has 116 valence electrons. The number of nitrogens with one attached hydrogen (secondary N) is 2. The summed E-state index contributed by atoms with van der Waals surface area (Å²) < 4.78 is 14.6. The van der Waals surface area contributed by atoms with Crippen LogP contribution in [0.2, 0.25) is 0 Å². The number of benzene rings is 1. The van der Waals surface area contributed by atoms with Gasteiger partial charge in [0.25, 0.3) is 0 Å². The molecule has 0 radical (unpaired) electrons. The second-order valence-corrected chi connectivity index (χ2v) is 5.29. The monoisotopic (exact) mass is 304 g/mol. The number of carbonyl (C=O) groups excluding carboxylic acids is 1. The summed E-state index contributed by atoms with van der Waals surface area (Å²) in [4.78, 5) is 11.8. The zero-order valence-corrected chi connectivity index (χ0v) is 12.0. The Labute approximate surface area is 126 Å². The Hall–Kier alpha value is -2.51. The van der Waals surface area contributed by atoms with Crippen molar-refractivity contribution in [2.45, 2.75) is 38.3 Å². The smallest absolute Gasteiger partial charge is 0.319 e. The number of anilines is 1. The third-order valence-electron chi connectivity index (χ3n) is 3.74. The summed E-state index contributed by atoms with van der Waals surface area (Å²) in [6.07, 6.45) is 4.50. The van der Waals surface area contributed by atoms with Crippen LogP contribution in [-0.2, 0) is 6.54 Å². The molecule has 1 aromatic heterocycles. The van der Waals surface area contributed by atoms with Gasteiger partial charge in [-0.3, -0.25) is 0 Å². The van der Waals surface area contributed by atoms with Crippen molar-refractivity contribution in [2.75, 3.05) is 5.32 Å². The topological polar surface area (TPSA) is 84.7 Å². The van der Waals surface area contributed by atoms with Crippen LogP contribution in [0.3, 0.4) is 0 Å². The van der Waals surface area contributed by atoms with Gasteiger partial charge in [0.05, 0.1) is 12.6 Å². The Morgan fingerprint density at radius 3 is 2.73 bits per heavy atom. The summed E-state index contributed by atoms with van der Waals surface area (Å²) in [6, 6.07) is 5.51. The lowest BCUT2D eigenvalue weighted by Crippen LogP contribution is -2.30. The number of carbonyl (C=O) groups is 1. The molecule has 1 heterocycles. The van der Waals surface area contributed by atoms with E-state index in [1.807, 2.05) is 0 Å². The number of hydrogen-bond donors (Lipinski definition) is 2. The number of rotatable bonds is 4. The van der Waals surface area contributed by atoms with E-state index in [0.717, 1.165) is 12.8 Å². The van der Waals surface area contributed by atoms with Gasteiger partial charge in [-0.2, -0.15) is 0 Å². The quantitative estimate of drug-likeness (QED) is 0.907. The number of hydrogen-bond acceptors (Lipinski definition) is 4. The fraction of sp³-hybridized carbons (Fsp3) is 0.429. The van der Waals surface area contributed by atoms with Crippen LogP contribution in [0.1, 0.15) is 37.5 Å². The molecule has 1 saturated carbocycles. The van der Waals surface area contributed by atoms with E-state index in [9.17, 15) is 9.18 Å². The van der Waals surface area contributed by atoms with E-state index in [4.69, 9.17) is 0 Å². The van der Waals surface area contributed by atoms with Crippen molar-refractivity contribution in [2.24, 2.45) is 0 Å². The van der Waals surface area contributed by atoms with Gasteiger partial charge in [0, 0.05) is 5.69 Å². The molecular formula is C14H17FN6O. The second-order valence-electron chi connectivity index (χ2n) is 5.29. The van der Waals surface area contributed by atoms with Crippen molar-refractivity contribution >= 4 is 11.7 Å². The number of halogens is 1.